The average molecular weight is 208 g/mol. The lowest BCUT2D eigenvalue weighted by Crippen LogP contribution is -2.15. The van der Waals surface area contributed by atoms with Gasteiger partial charge in [0.05, 0.1) is 18.6 Å². The van der Waals surface area contributed by atoms with Gasteiger partial charge in [-0.15, -0.1) is 0 Å². The Labute approximate surface area is 89.7 Å². The number of aliphatic carboxylic acids is 1. The molecule has 0 aliphatic carbocycles. The zero-order chi connectivity index (χ0) is 11.3. The van der Waals surface area contributed by atoms with E-state index in [0.717, 1.165) is 5.56 Å². The van der Waals surface area contributed by atoms with Crippen molar-refractivity contribution in [3.63, 3.8) is 0 Å². The van der Waals surface area contributed by atoms with Crippen molar-refractivity contribution in [1.82, 2.24) is 0 Å². The highest BCUT2D eigenvalue weighted by Crippen LogP contribution is 2.18. The molecule has 0 radical (unpaired) electrons. The molecule has 0 fully saturated rings. The van der Waals surface area contributed by atoms with Gasteiger partial charge in [-0.05, 0) is 19.4 Å². The molecule has 0 spiro atoms. The summed E-state index contributed by atoms with van der Waals surface area (Å²) in [4.78, 5) is 10.4. The zero-order valence-electron chi connectivity index (χ0n) is 9.01. The molecule has 0 saturated heterocycles. The maximum Gasteiger partial charge on any atom is 0.305 e. The van der Waals surface area contributed by atoms with Crippen molar-refractivity contribution < 1.29 is 14.6 Å². The van der Waals surface area contributed by atoms with E-state index in [2.05, 4.69) is 0 Å². The summed E-state index contributed by atoms with van der Waals surface area (Å²) in [7, 11) is 0. The maximum absolute atomic E-state index is 10.4. The van der Waals surface area contributed by atoms with E-state index in [1.807, 2.05) is 37.3 Å². The van der Waals surface area contributed by atoms with Crippen LogP contribution in [-0.2, 0) is 9.53 Å². The first-order valence-corrected chi connectivity index (χ1v) is 5.01. The van der Waals surface area contributed by atoms with Crippen LogP contribution in [0, 0.1) is 0 Å². The molecule has 2 atom stereocenters. The topological polar surface area (TPSA) is 46.5 Å². The Morgan fingerprint density at radius 1 is 1.33 bits per heavy atom. The Hall–Kier alpha value is -1.35. The average Bonchev–Trinajstić information content (AvgIpc) is 2.17. The quantitative estimate of drug-likeness (QED) is 0.809. The zero-order valence-corrected chi connectivity index (χ0v) is 9.01. The van der Waals surface area contributed by atoms with Gasteiger partial charge in [-0.2, -0.15) is 0 Å². The first kappa shape index (κ1) is 11.7. The van der Waals surface area contributed by atoms with E-state index in [1.54, 1.807) is 6.92 Å². The highest BCUT2D eigenvalue weighted by Gasteiger charge is 2.12. The van der Waals surface area contributed by atoms with Crippen molar-refractivity contribution in [2.75, 3.05) is 0 Å². The molecule has 1 unspecified atom stereocenters. The van der Waals surface area contributed by atoms with Gasteiger partial charge >= 0.3 is 5.97 Å². The van der Waals surface area contributed by atoms with E-state index in [9.17, 15) is 4.79 Å². The third-order valence-electron chi connectivity index (χ3n) is 2.17. The van der Waals surface area contributed by atoms with Crippen molar-refractivity contribution in [3.8, 4) is 0 Å². The number of hydrogen-bond acceptors (Lipinski definition) is 2. The summed E-state index contributed by atoms with van der Waals surface area (Å²) in [5, 5.41) is 8.59. The molecular formula is C12H16O3. The second-order valence-electron chi connectivity index (χ2n) is 3.60. The molecule has 0 aliphatic heterocycles. The lowest BCUT2D eigenvalue weighted by molar-refractivity contribution is -0.140. The summed E-state index contributed by atoms with van der Waals surface area (Å²) in [6.07, 6.45) is -0.296. The molecular weight excluding hydrogens is 192 g/mol. The number of carbonyl (C=O) groups is 1. The molecule has 1 N–H and O–H groups in total. The van der Waals surface area contributed by atoms with Gasteiger partial charge in [0.1, 0.15) is 0 Å². The predicted octanol–water partition coefficient (Wildman–Crippen LogP) is 2.63. The summed E-state index contributed by atoms with van der Waals surface area (Å²) >= 11 is 0. The molecule has 1 aromatic rings. The van der Waals surface area contributed by atoms with Gasteiger partial charge < -0.3 is 9.84 Å². The van der Waals surface area contributed by atoms with Crippen LogP contribution in [-0.4, -0.2) is 17.2 Å². The normalized spacial score (nSPS) is 14.5. The van der Waals surface area contributed by atoms with Crippen LogP contribution >= 0.6 is 0 Å². The molecule has 0 bridgehead atoms. The maximum atomic E-state index is 10.4. The molecule has 15 heavy (non-hydrogen) atoms. The largest absolute Gasteiger partial charge is 0.481 e. The minimum atomic E-state index is -0.831. The summed E-state index contributed by atoms with van der Waals surface area (Å²) in [5.74, 6) is -0.831. The van der Waals surface area contributed by atoms with Gasteiger partial charge in [0.15, 0.2) is 0 Å². The van der Waals surface area contributed by atoms with Gasteiger partial charge in [0.25, 0.3) is 0 Å². The Morgan fingerprint density at radius 2 is 1.93 bits per heavy atom. The first-order chi connectivity index (χ1) is 7.09. The number of hydrogen-bond donors (Lipinski definition) is 1. The second kappa shape index (κ2) is 5.51. The van der Waals surface area contributed by atoms with Crippen LogP contribution < -0.4 is 0 Å². The van der Waals surface area contributed by atoms with Crippen molar-refractivity contribution in [2.45, 2.75) is 32.5 Å². The highest BCUT2D eigenvalue weighted by atomic mass is 16.5. The fourth-order valence-electron chi connectivity index (χ4n) is 1.45. The second-order valence-corrected chi connectivity index (χ2v) is 3.60. The lowest BCUT2D eigenvalue weighted by Gasteiger charge is -2.18. The Bertz CT molecular complexity index is 308. The Morgan fingerprint density at radius 3 is 2.47 bits per heavy atom. The molecule has 82 valence electrons. The monoisotopic (exact) mass is 208 g/mol. The standard InChI is InChI=1S/C12H16O3/c1-9(8-12(13)14)15-10(2)11-6-4-3-5-7-11/h3-7,9-10H,8H2,1-2H3,(H,13,14)/t9-,10?/m1/s1. The smallest absolute Gasteiger partial charge is 0.305 e. The van der Waals surface area contributed by atoms with E-state index in [1.165, 1.54) is 0 Å². The molecule has 0 heterocycles. The predicted molar refractivity (Wildman–Crippen MR) is 57.7 cm³/mol. The Kier molecular flexibility index (Phi) is 4.31. The number of benzene rings is 1. The van der Waals surface area contributed by atoms with Crippen LogP contribution in [0.25, 0.3) is 0 Å². The van der Waals surface area contributed by atoms with E-state index in [-0.39, 0.29) is 18.6 Å². The molecule has 1 aromatic carbocycles. The van der Waals surface area contributed by atoms with E-state index >= 15 is 0 Å². The van der Waals surface area contributed by atoms with Gasteiger partial charge in [-0.3, -0.25) is 4.79 Å². The summed E-state index contributed by atoms with van der Waals surface area (Å²) < 4.78 is 5.57. The van der Waals surface area contributed by atoms with Crippen molar-refractivity contribution >= 4 is 5.97 Å². The Balaban J connectivity index is 2.49. The van der Waals surface area contributed by atoms with Crippen LogP contribution in [0.4, 0.5) is 0 Å². The van der Waals surface area contributed by atoms with Gasteiger partial charge in [-0.1, -0.05) is 30.3 Å². The van der Waals surface area contributed by atoms with E-state index in [4.69, 9.17) is 9.84 Å². The lowest BCUT2D eigenvalue weighted by atomic mass is 10.1. The van der Waals surface area contributed by atoms with Crippen LogP contribution in [0.3, 0.4) is 0 Å². The van der Waals surface area contributed by atoms with Gasteiger partial charge in [-0.25, -0.2) is 0 Å². The summed E-state index contributed by atoms with van der Waals surface area (Å²) in [6.45, 7) is 3.70. The molecule has 0 amide bonds. The third kappa shape index (κ3) is 4.13. The minimum Gasteiger partial charge on any atom is -0.481 e. The van der Waals surface area contributed by atoms with Crippen LogP contribution in [0.15, 0.2) is 30.3 Å². The molecule has 3 heteroatoms. The van der Waals surface area contributed by atoms with Crippen molar-refractivity contribution in [1.29, 1.82) is 0 Å². The molecule has 3 nitrogen and oxygen atoms in total. The fraction of sp³-hybridized carbons (Fsp3) is 0.417. The van der Waals surface area contributed by atoms with Gasteiger partial charge in [0.2, 0.25) is 0 Å². The SMILES string of the molecule is CC(O[C@H](C)CC(=O)O)c1ccccc1. The van der Waals surface area contributed by atoms with E-state index in [0.29, 0.717) is 0 Å². The summed E-state index contributed by atoms with van der Waals surface area (Å²) in [6, 6.07) is 9.77. The van der Waals surface area contributed by atoms with Crippen LogP contribution in [0.1, 0.15) is 31.9 Å². The molecule has 1 rings (SSSR count). The highest BCUT2D eigenvalue weighted by molar-refractivity contribution is 5.67. The van der Waals surface area contributed by atoms with Gasteiger partial charge in [0, 0.05) is 0 Å². The number of carboxylic acid groups (broad SMARTS) is 1. The number of rotatable bonds is 5. The fourth-order valence-corrected chi connectivity index (χ4v) is 1.45. The van der Waals surface area contributed by atoms with Crippen molar-refractivity contribution in [2.24, 2.45) is 0 Å². The number of carboxylic acids is 1. The number of ether oxygens (including phenoxy) is 1. The first-order valence-electron chi connectivity index (χ1n) is 5.01. The molecule has 0 aliphatic rings. The van der Waals surface area contributed by atoms with Crippen LogP contribution in [0.2, 0.25) is 0 Å². The van der Waals surface area contributed by atoms with Crippen molar-refractivity contribution in [3.05, 3.63) is 35.9 Å². The van der Waals surface area contributed by atoms with E-state index < -0.39 is 5.97 Å². The molecule has 0 aromatic heterocycles. The molecule has 0 saturated carbocycles. The van der Waals surface area contributed by atoms with Crippen LogP contribution in [0.5, 0.6) is 0 Å². The third-order valence-corrected chi connectivity index (χ3v) is 2.17. The minimum absolute atomic E-state index is 0.0389. The summed E-state index contributed by atoms with van der Waals surface area (Å²) in [5.41, 5.74) is 1.06.